The molecular formula is C26H34N4O2S. The normalized spacial score (nSPS) is 19.0. The molecule has 1 N–H and O–H groups in total. The van der Waals surface area contributed by atoms with Crippen molar-refractivity contribution in [1.82, 2.24) is 4.90 Å². The third-order valence-corrected chi connectivity index (χ3v) is 8.19. The Bertz CT molecular complexity index is 1040. The molecule has 1 saturated heterocycles. The van der Waals surface area contributed by atoms with Gasteiger partial charge in [-0.15, -0.1) is 11.3 Å². The van der Waals surface area contributed by atoms with Crippen LogP contribution in [0.4, 0.5) is 10.7 Å². The molecule has 1 aliphatic heterocycles. The van der Waals surface area contributed by atoms with Crippen LogP contribution in [0.25, 0.3) is 0 Å². The number of para-hydroxylation sites is 2. The van der Waals surface area contributed by atoms with Crippen LogP contribution in [0.15, 0.2) is 24.3 Å². The van der Waals surface area contributed by atoms with Gasteiger partial charge in [0.05, 0.1) is 24.9 Å². The summed E-state index contributed by atoms with van der Waals surface area (Å²) in [5, 5.41) is 13.6. The van der Waals surface area contributed by atoms with E-state index in [4.69, 9.17) is 4.74 Å². The third kappa shape index (κ3) is 5.18. The molecule has 2 heterocycles. The van der Waals surface area contributed by atoms with Crippen molar-refractivity contribution in [3.8, 4) is 11.8 Å². The average Bonchev–Trinajstić information content (AvgIpc) is 3.14. The first-order chi connectivity index (χ1) is 15.8. The van der Waals surface area contributed by atoms with Crippen molar-refractivity contribution in [3.05, 3.63) is 40.3 Å². The van der Waals surface area contributed by atoms with Gasteiger partial charge in [-0.3, -0.25) is 9.69 Å². The van der Waals surface area contributed by atoms with Gasteiger partial charge < -0.3 is 15.0 Å². The topological polar surface area (TPSA) is 68.6 Å². The van der Waals surface area contributed by atoms with E-state index in [1.165, 1.54) is 4.88 Å². The number of thiophene rings is 1. The lowest BCUT2D eigenvalue weighted by molar-refractivity contribution is -0.117. The minimum absolute atomic E-state index is 0.0387. The molecule has 7 heteroatoms. The van der Waals surface area contributed by atoms with E-state index >= 15 is 0 Å². The van der Waals surface area contributed by atoms with Gasteiger partial charge in [0.1, 0.15) is 16.8 Å². The molecule has 2 aromatic rings. The highest BCUT2D eigenvalue weighted by Gasteiger charge is 2.32. The number of rotatable bonds is 5. The SMILES string of the molecule is COc1ccccc1N1CCN(CC(=O)Nc2sc3c(c2C#N)CCC(C(C)(C)C)C3)CC1. The van der Waals surface area contributed by atoms with Crippen LogP contribution in [-0.4, -0.2) is 50.6 Å². The number of benzene rings is 1. The highest BCUT2D eigenvalue weighted by Crippen LogP contribution is 2.44. The minimum atomic E-state index is -0.0387. The molecule has 33 heavy (non-hydrogen) atoms. The predicted octanol–water partition coefficient (Wildman–Crippen LogP) is 4.54. The van der Waals surface area contributed by atoms with Crippen molar-refractivity contribution < 1.29 is 9.53 Å². The van der Waals surface area contributed by atoms with Crippen LogP contribution >= 0.6 is 11.3 Å². The molecule has 1 fully saturated rings. The molecule has 0 bridgehead atoms. The highest BCUT2D eigenvalue weighted by molar-refractivity contribution is 7.16. The van der Waals surface area contributed by atoms with Crippen LogP contribution in [0.1, 0.15) is 43.2 Å². The summed E-state index contributed by atoms with van der Waals surface area (Å²) < 4.78 is 5.49. The summed E-state index contributed by atoms with van der Waals surface area (Å²) in [5.41, 5.74) is 3.19. The molecule has 1 amide bonds. The quantitative estimate of drug-likeness (QED) is 0.701. The van der Waals surface area contributed by atoms with E-state index in [1.54, 1.807) is 18.4 Å². The third-order valence-electron chi connectivity index (χ3n) is 7.02. The van der Waals surface area contributed by atoms with Crippen molar-refractivity contribution in [2.45, 2.75) is 40.0 Å². The van der Waals surface area contributed by atoms with Crippen molar-refractivity contribution in [3.63, 3.8) is 0 Å². The molecule has 6 nitrogen and oxygen atoms in total. The number of piperazine rings is 1. The molecular weight excluding hydrogens is 432 g/mol. The monoisotopic (exact) mass is 466 g/mol. The second-order valence-corrected chi connectivity index (χ2v) is 11.2. The summed E-state index contributed by atoms with van der Waals surface area (Å²) >= 11 is 1.60. The van der Waals surface area contributed by atoms with E-state index in [9.17, 15) is 10.1 Å². The van der Waals surface area contributed by atoms with Crippen LogP contribution in [0.5, 0.6) is 5.75 Å². The van der Waals surface area contributed by atoms with E-state index in [1.807, 2.05) is 18.2 Å². The Balaban J connectivity index is 1.36. The lowest BCUT2D eigenvalue weighted by Gasteiger charge is -2.36. The zero-order valence-corrected chi connectivity index (χ0v) is 20.9. The zero-order valence-electron chi connectivity index (χ0n) is 20.1. The van der Waals surface area contributed by atoms with Gasteiger partial charge in [-0.1, -0.05) is 32.9 Å². The number of carbonyl (C=O) groups excluding carboxylic acids is 1. The first-order valence-electron chi connectivity index (χ1n) is 11.7. The molecule has 4 rings (SSSR count). The fraction of sp³-hybridized carbons (Fsp3) is 0.538. The second-order valence-electron chi connectivity index (χ2n) is 10.1. The van der Waals surface area contributed by atoms with E-state index < -0.39 is 0 Å². The fourth-order valence-corrected chi connectivity index (χ4v) is 6.23. The number of anilines is 2. The Kier molecular flexibility index (Phi) is 6.96. The number of fused-ring (bicyclic) bond motifs is 1. The van der Waals surface area contributed by atoms with Crippen LogP contribution in [0.2, 0.25) is 0 Å². The average molecular weight is 467 g/mol. The largest absolute Gasteiger partial charge is 0.495 e. The van der Waals surface area contributed by atoms with E-state index in [-0.39, 0.29) is 11.3 Å². The Morgan fingerprint density at radius 3 is 2.64 bits per heavy atom. The molecule has 1 aliphatic carbocycles. The molecule has 0 spiro atoms. The first-order valence-corrected chi connectivity index (χ1v) is 12.6. The van der Waals surface area contributed by atoms with Gasteiger partial charge in [0.15, 0.2) is 0 Å². The van der Waals surface area contributed by atoms with Crippen molar-refractivity contribution >= 4 is 27.9 Å². The minimum Gasteiger partial charge on any atom is -0.495 e. The maximum absolute atomic E-state index is 12.8. The lowest BCUT2D eigenvalue weighted by atomic mass is 9.72. The lowest BCUT2D eigenvalue weighted by Crippen LogP contribution is -2.48. The van der Waals surface area contributed by atoms with E-state index in [0.29, 0.717) is 18.0 Å². The van der Waals surface area contributed by atoms with Gasteiger partial charge in [0.25, 0.3) is 0 Å². The number of carbonyl (C=O) groups is 1. The van der Waals surface area contributed by atoms with Gasteiger partial charge in [-0.25, -0.2) is 0 Å². The molecule has 1 atom stereocenters. The predicted molar refractivity (Wildman–Crippen MR) is 134 cm³/mol. The van der Waals surface area contributed by atoms with Crippen LogP contribution in [-0.2, 0) is 17.6 Å². The standard InChI is InChI=1S/C26H34N4O2S/c1-26(2,3)18-9-10-19-20(16-27)25(33-23(19)15-18)28-24(31)17-29-11-13-30(14-12-29)21-7-5-6-8-22(21)32-4/h5-8,18H,9-15,17H2,1-4H3,(H,28,31). The van der Waals surface area contributed by atoms with E-state index in [0.717, 1.165) is 67.4 Å². The Hall–Kier alpha value is -2.56. The van der Waals surface area contributed by atoms with Crippen molar-refractivity contribution in [1.29, 1.82) is 5.26 Å². The molecule has 1 unspecified atom stereocenters. The van der Waals surface area contributed by atoms with Gasteiger partial charge in [0.2, 0.25) is 5.91 Å². The van der Waals surface area contributed by atoms with Crippen LogP contribution in [0, 0.1) is 22.7 Å². The number of nitrogens with zero attached hydrogens (tertiary/aromatic N) is 3. The van der Waals surface area contributed by atoms with E-state index in [2.05, 4.69) is 48.0 Å². The summed E-state index contributed by atoms with van der Waals surface area (Å²) in [5.74, 6) is 1.45. The number of hydrogen-bond donors (Lipinski definition) is 1. The molecule has 0 radical (unpaired) electrons. The van der Waals surface area contributed by atoms with Crippen molar-refractivity contribution in [2.75, 3.05) is 50.1 Å². The van der Waals surface area contributed by atoms with Gasteiger partial charge in [-0.2, -0.15) is 5.26 Å². The summed E-state index contributed by atoms with van der Waals surface area (Å²) in [6.07, 6.45) is 3.03. The fourth-order valence-electron chi connectivity index (χ4n) is 4.94. The first kappa shape index (κ1) is 23.6. The molecule has 0 saturated carbocycles. The smallest absolute Gasteiger partial charge is 0.239 e. The van der Waals surface area contributed by atoms with Gasteiger partial charge in [-0.05, 0) is 48.3 Å². The van der Waals surface area contributed by atoms with Crippen LogP contribution < -0.4 is 15.0 Å². The number of nitriles is 1. The van der Waals surface area contributed by atoms with Gasteiger partial charge in [0, 0.05) is 31.1 Å². The number of methoxy groups -OCH3 is 1. The van der Waals surface area contributed by atoms with Crippen molar-refractivity contribution in [2.24, 2.45) is 11.3 Å². The maximum atomic E-state index is 12.8. The number of hydrogen-bond acceptors (Lipinski definition) is 6. The number of ether oxygens (including phenoxy) is 1. The number of amides is 1. The molecule has 1 aromatic carbocycles. The van der Waals surface area contributed by atoms with Gasteiger partial charge >= 0.3 is 0 Å². The molecule has 176 valence electrons. The molecule has 2 aliphatic rings. The summed E-state index contributed by atoms with van der Waals surface area (Å²) in [6.45, 7) is 10.5. The summed E-state index contributed by atoms with van der Waals surface area (Å²) in [6, 6.07) is 10.4. The van der Waals surface area contributed by atoms with Crippen LogP contribution in [0.3, 0.4) is 0 Å². The highest BCUT2D eigenvalue weighted by atomic mass is 32.1. The summed E-state index contributed by atoms with van der Waals surface area (Å²) in [7, 11) is 1.70. The molecule has 1 aromatic heterocycles. The summed E-state index contributed by atoms with van der Waals surface area (Å²) in [4.78, 5) is 18.6. The Labute approximate surface area is 201 Å². The zero-order chi connectivity index (χ0) is 23.6. The Morgan fingerprint density at radius 1 is 1.24 bits per heavy atom. The number of nitrogens with one attached hydrogen (secondary N) is 1. The second kappa shape index (κ2) is 9.74. The maximum Gasteiger partial charge on any atom is 0.239 e. The Morgan fingerprint density at radius 2 is 1.97 bits per heavy atom.